The van der Waals surface area contributed by atoms with Crippen molar-refractivity contribution in [3.8, 4) is 0 Å². The molecule has 0 amide bonds. The lowest BCUT2D eigenvalue weighted by molar-refractivity contribution is -0.322. The minimum Gasteiger partial charge on any atom is -0.455 e. The predicted octanol–water partition coefficient (Wildman–Crippen LogP) is 0.648. The lowest BCUT2D eigenvalue weighted by atomic mass is 9.42. The van der Waals surface area contributed by atoms with Gasteiger partial charge in [0.1, 0.15) is 23.9 Å². The van der Waals surface area contributed by atoms with Crippen LogP contribution in [0.1, 0.15) is 37.0 Å². The molecule has 1 aromatic rings. The van der Waals surface area contributed by atoms with Crippen LogP contribution in [0.25, 0.3) is 0 Å². The van der Waals surface area contributed by atoms with E-state index in [0.29, 0.717) is 25.1 Å². The molecule has 0 radical (unpaired) electrons. The minimum atomic E-state index is -1.83. The Morgan fingerprint density at radius 3 is 2.30 bits per heavy atom. The Bertz CT molecular complexity index is 1360. The van der Waals surface area contributed by atoms with Crippen molar-refractivity contribution in [3.05, 3.63) is 35.9 Å². The van der Waals surface area contributed by atoms with Gasteiger partial charge in [-0.2, -0.15) is 0 Å². The fourth-order valence-corrected chi connectivity index (χ4v) is 12.3. The molecule has 15 atom stereocenters. The van der Waals surface area contributed by atoms with Crippen LogP contribution in [0.15, 0.2) is 30.3 Å². The van der Waals surface area contributed by atoms with Crippen molar-refractivity contribution in [2.24, 2.45) is 34.5 Å². The van der Waals surface area contributed by atoms with Gasteiger partial charge in [0.15, 0.2) is 5.60 Å². The third kappa shape index (κ3) is 3.62. The average molecular weight is 646 g/mol. The standard InChI is InChI=1S/C34H47NO11/c1-7-35-15-31(16-41-3)20(37)13-21(42-4)33-19-14-32(40)28(45-30(39)18-11-9-8-10-12-18)22(19)34(46-17(2)36,27(38)29(32)44-6)23(26(33)35)24(43-5)25(31)33/h8-12,19-29,37-38,40H,7,13-16H2,1-6H3/t19-,20-,21+,22-,23-,24+,25-,26-,27+,28-,29+,31+,32-,33-,34-/m1/s1. The number of esters is 2. The van der Waals surface area contributed by atoms with E-state index in [1.165, 1.54) is 14.0 Å². The fraction of sp³-hybridized carbons (Fsp3) is 0.765. The molecule has 1 aliphatic heterocycles. The van der Waals surface area contributed by atoms with Crippen LogP contribution in [0, 0.1) is 34.5 Å². The first-order chi connectivity index (χ1) is 22.0. The highest BCUT2D eigenvalue weighted by Crippen LogP contribution is 2.80. The summed E-state index contributed by atoms with van der Waals surface area (Å²) < 4.78 is 37.4. The van der Waals surface area contributed by atoms with Crippen LogP contribution >= 0.6 is 0 Å². The number of piperidine rings is 1. The van der Waals surface area contributed by atoms with Crippen molar-refractivity contribution < 1.29 is 53.3 Å². The zero-order chi connectivity index (χ0) is 33.0. The molecule has 254 valence electrons. The summed E-state index contributed by atoms with van der Waals surface area (Å²) in [7, 11) is 6.27. The van der Waals surface area contributed by atoms with Gasteiger partial charge in [0.05, 0.1) is 30.5 Å². The fourth-order valence-electron chi connectivity index (χ4n) is 12.3. The lowest BCUT2D eigenvalue weighted by Gasteiger charge is -2.70. The van der Waals surface area contributed by atoms with Crippen molar-refractivity contribution in [2.45, 2.75) is 80.6 Å². The molecule has 1 saturated heterocycles. The number of methoxy groups -OCH3 is 4. The Hall–Kier alpha value is -2.16. The molecular formula is C34H47NO11. The Morgan fingerprint density at radius 1 is 1.00 bits per heavy atom. The SMILES string of the molecule is CCN1C[C@]2(COC)[C@H](O)C[C@H](OC)[C@]34[C@@H]5C[C@@]6(O)[C@H](OC(=O)c7ccccc7)[C@@H]5[C@@](OC(C)=O)([C@H]([C@H](OC)[C@H]23)[C@@H]14)[C@@H](O)[C@@H]6OC. The number of ether oxygens (including phenoxy) is 6. The van der Waals surface area contributed by atoms with E-state index < -0.39 is 88.3 Å². The molecule has 5 aliphatic carbocycles. The van der Waals surface area contributed by atoms with E-state index in [4.69, 9.17) is 28.4 Å². The Labute approximate surface area is 269 Å². The summed E-state index contributed by atoms with van der Waals surface area (Å²) in [5.41, 5.74) is -4.79. The van der Waals surface area contributed by atoms with Crippen LogP contribution in [0.3, 0.4) is 0 Å². The molecule has 1 spiro atoms. The maximum absolute atomic E-state index is 13.8. The number of likely N-dealkylation sites (tertiary alicyclic amines) is 1. The second-order valence-electron chi connectivity index (χ2n) is 14.4. The largest absolute Gasteiger partial charge is 0.455 e. The van der Waals surface area contributed by atoms with Gasteiger partial charge < -0.3 is 43.7 Å². The molecule has 12 heteroatoms. The number of aliphatic hydroxyl groups is 3. The molecule has 6 fully saturated rings. The third-order valence-corrected chi connectivity index (χ3v) is 13.2. The normalized spacial score (nSPS) is 49.9. The topological polar surface area (TPSA) is 153 Å². The average Bonchev–Trinajstić information content (AvgIpc) is 3.41. The number of hydrogen-bond donors (Lipinski definition) is 3. The Kier molecular flexibility index (Phi) is 7.69. The highest BCUT2D eigenvalue weighted by Gasteiger charge is 2.92. The van der Waals surface area contributed by atoms with Crippen LogP contribution in [0.5, 0.6) is 0 Å². The van der Waals surface area contributed by atoms with Gasteiger partial charge in [-0.15, -0.1) is 0 Å². The van der Waals surface area contributed by atoms with Gasteiger partial charge in [-0.1, -0.05) is 25.1 Å². The van der Waals surface area contributed by atoms with Gasteiger partial charge in [0.25, 0.3) is 0 Å². The molecule has 7 rings (SSSR count). The second kappa shape index (κ2) is 10.9. The number of hydrogen-bond acceptors (Lipinski definition) is 12. The summed E-state index contributed by atoms with van der Waals surface area (Å²) in [6, 6.07) is 8.18. The zero-order valence-corrected chi connectivity index (χ0v) is 27.3. The summed E-state index contributed by atoms with van der Waals surface area (Å²) in [4.78, 5) is 29.3. The van der Waals surface area contributed by atoms with Crippen LogP contribution in [-0.2, 0) is 33.2 Å². The van der Waals surface area contributed by atoms with Gasteiger partial charge in [-0.05, 0) is 31.0 Å². The lowest BCUT2D eigenvalue weighted by Crippen LogP contribution is -2.81. The maximum atomic E-state index is 13.8. The first kappa shape index (κ1) is 32.4. The summed E-state index contributed by atoms with van der Waals surface area (Å²) >= 11 is 0. The molecule has 7 bridgehead atoms. The summed E-state index contributed by atoms with van der Waals surface area (Å²) in [5.74, 6) is -3.65. The highest BCUT2D eigenvalue weighted by atomic mass is 16.6. The monoisotopic (exact) mass is 645 g/mol. The second-order valence-corrected chi connectivity index (χ2v) is 14.4. The van der Waals surface area contributed by atoms with Gasteiger partial charge in [0, 0.05) is 83.0 Å². The van der Waals surface area contributed by atoms with Gasteiger partial charge >= 0.3 is 11.9 Å². The van der Waals surface area contributed by atoms with E-state index in [1.54, 1.807) is 51.7 Å². The summed E-state index contributed by atoms with van der Waals surface area (Å²) in [5, 5.41) is 37.3. The van der Waals surface area contributed by atoms with Crippen LogP contribution in [0.4, 0.5) is 0 Å². The van der Waals surface area contributed by atoms with E-state index >= 15 is 0 Å². The summed E-state index contributed by atoms with van der Waals surface area (Å²) in [6.07, 6.45) is -5.49. The minimum absolute atomic E-state index is 0.0791. The summed E-state index contributed by atoms with van der Waals surface area (Å²) in [6.45, 7) is 4.68. The molecule has 6 aliphatic rings. The highest BCUT2D eigenvalue weighted by molar-refractivity contribution is 5.89. The first-order valence-corrected chi connectivity index (χ1v) is 16.3. The molecule has 0 unspecified atom stereocenters. The van der Waals surface area contributed by atoms with Crippen LogP contribution in [0.2, 0.25) is 0 Å². The predicted molar refractivity (Wildman–Crippen MR) is 160 cm³/mol. The van der Waals surface area contributed by atoms with E-state index in [0.717, 1.165) is 0 Å². The molecule has 5 saturated carbocycles. The first-order valence-electron chi connectivity index (χ1n) is 16.3. The number of aliphatic hydroxyl groups excluding tert-OH is 2. The number of nitrogens with zero attached hydrogens (tertiary/aromatic N) is 1. The van der Waals surface area contributed by atoms with Crippen molar-refractivity contribution in [1.29, 1.82) is 0 Å². The molecule has 1 aromatic carbocycles. The van der Waals surface area contributed by atoms with Gasteiger partial charge in [-0.25, -0.2) is 4.79 Å². The van der Waals surface area contributed by atoms with E-state index in [1.807, 2.05) is 6.92 Å². The van der Waals surface area contributed by atoms with Crippen molar-refractivity contribution in [3.63, 3.8) is 0 Å². The van der Waals surface area contributed by atoms with Crippen LogP contribution < -0.4 is 0 Å². The molecule has 0 aromatic heterocycles. The van der Waals surface area contributed by atoms with Gasteiger partial charge in [0.2, 0.25) is 0 Å². The number of rotatable bonds is 9. The molecule has 1 heterocycles. The zero-order valence-electron chi connectivity index (χ0n) is 27.3. The molecule has 12 nitrogen and oxygen atoms in total. The van der Waals surface area contributed by atoms with E-state index in [-0.39, 0.29) is 25.0 Å². The van der Waals surface area contributed by atoms with Crippen molar-refractivity contribution in [1.82, 2.24) is 4.90 Å². The third-order valence-electron chi connectivity index (χ3n) is 13.2. The van der Waals surface area contributed by atoms with Crippen LogP contribution in [-0.4, -0.2) is 134 Å². The maximum Gasteiger partial charge on any atom is 0.338 e. The molecule has 3 N–H and O–H groups in total. The van der Waals surface area contributed by atoms with Crippen molar-refractivity contribution in [2.75, 3.05) is 48.1 Å². The number of fused-ring (bicyclic) bond motifs is 2. The van der Waals surface area contributed by atoms with E-state index in [2.05, 4.69) is 4.90 Å². The number of carbonyl (C=O) groups is 2. The van der Waals surface area contributed by atoms with Gasteiger partial charge in [-0.3, -0.25) is 9.69 Å². The Morgan fingerprint density at radius 2 is 1.72 bits per heavy atom. The van der Waals surface area contributed by atoms with E-state index in [9.17, 15) is 24.9 Å². The van der Waals surface area contributed by atoms with Crippen molar-refractivity contribution >= 4 is 11.9 Å². The quantitative estimate of drug-likeness (QED) is 0.323. The molecular weight excluding hydrogens is 598 g/mol. The number of carbonyl (C=O) groups excluding carboxylic acids is 2. The Balaban J connectivity index is 1.53. The smallest absolute Gasteiger partial charge is 0.338 e. The molecule has 46 heavy (non-hydrogen) atoms. The number of benzene rings is 1.